The van der Waals surface area contributed by atoms with Gasteiger partial charge >= 0.3 is 0 Å². The van der Waals surface area contributed by atoms with E-state index >= 15 is 0 Å². The summed E-state index contributed by atoms with van der Waals surface area (Å²) in [6.45, 7) is 7.42. The number of rotatable bonds is 5. The van der Waals surface area contributed by atoms with E-state index in [1.54, 1.807) is 0 Å². The normalized spacial score (nSPS) is 14.7. The molecular formula is C16H25ClN2O3. The van der Waals surface area contributed by atoms with Crippen LogP contribution in [0.15, 0.2) is 18.2 Å². The summed E-state index contributed by atoms with van der Waals surface area (Å²) < 4.78 is 11.1. The number of carbonyl (C=O) groups is 1. The Morgan fingerprint density at radius 3 is 2.59 bits per heavy atom. The Hall–Kier alpha value is -1.46. The van der Waals surface area contributed by atoms with Crippen LogP contribution in [0.1, 0.15) is 32.8 Å². The fourth-order valence-electron chi connectivity index (χ4n) is 2.20. The van der Waals surface area contributed by atoms with E-state index in [0.29, 0.717) is 25.5 Å². The summed E-state index contributed by atoms with van der Waals surface area (Å²) in [5.74, 6) is 1.42. The van der Waals surface area contributed by atoms with Gasteiger partial charge in [0.2, 0.25) is 5.91 Å². The lowest BCUT2D eigenvalue weighted by Gasteiger charge is -2.26. The van der Waals surface area contributed by atoms with E-state index in [2.05, 4.69) is 5.32 Å². The Kier molecular flexibility index (Phi) is 6.50. The average Bonchev–Trinajstić information content (AvgIpc) is 2.46. The Bertz CT molecular complexity index is 518. The zero-order chi connectivity index (χ0) is 15.5. The summed E-state index contributed by atoms with van der Waals surface area (Å²) in [6.07, 6.45) is 0.767. The zero-order valence-electron chi connectivity index (χ0n) is 13.3. The van der Waals surface area contributed by atoms with E-state index in [4.69, 9.17) is 15.2 Å². The first-order valence-corrected chi connectivity index (χ1v) is 7.35. The predicted molar refractivity (Wildman–Crippen MR) is 89.0 cm³/mol. The van der Waals surface area contributed by atoms with Crippen LogP contribution in [0.25, 0.3) is 0 Å². The quantitative estimate of drug-likeness (QED) is 0.867. The molecule has 1 amide bonds. The molecule has 6 heteroatoms. The van der Waals surface area contributed by atoms with Crippen LogP contribution in [0.5, 0.6) is 11.5 Å². The minimum absolute atomic E-state index is 0. The monoisotopic (exact) mass is 328 g/mol. The minimum Gasteiger partial charge on any atom is -0.486 e. The number of hydrogen-bond acceptors (Lipinski definition) is 4. The Morgan fingerprint density at radius 2 is 1.95 bits per heavy atom. The van der Waals surface area contributed by atoms with Gasteiger partial charge in [-0.25, -0.2) is 0 Å². The molecule has 0 fully saturated rings. The van der Waals surface area contributed by atoms with Crippen molar-refractivity contribution in [3.8, 4) is 11.5 Å². The van der Waals surface area contributed by atoms with E-state index in [9.17, 15) is 4.79 Å². The van der Waals surface area contributed by atoms with Crippen molar-refractivity contribution in [3.05, 3.63) is 23.8 Å². The van der Waals surface area contributed by atoms with Gasteiger partial charge in [-0.3, -0.25) is 4.79 Å². The number of fused-ring (bicyclic) bond motifs is 1. The number of nitrogens with one attached hydrogen (secondary N) is 1. The Morgan fingerprint density at radius 1 is 1.32 bits per heavy atom. The number of nitrogens with two attached hydrogens (primary N) is 1. The minimum atomic E-state index is -0.631. The first-order chi connectivity index (χ1) is 9.91. The van der Waals surface area contributed by atoms with Crippen molar-refractivity contribution in [2.75, 3.05) is 19.8 Å². The summed E-state index contributed by atoms with van der Waals surface area (Å²) in [7, 11) is 0. The maximum absolute atomic E-state index is 12.4. The third-order valence-electron chi connectivity index (χ3n) is 3.72. The molecule has 0 saturated heterocycles. The van der Waals surface area contributed by atoms with Gasteiger partial charge < -0.3 is 20.5 Å². The van der Waals surface area contributed by atoms with Gasteiger partial charge in [-0.1, -0.05) is 6.07 Å². The van der Waals surface area contributed by atoms with Crippen molar-refractivity contribution in [2.45, 2.75) is 38.6 Å². The van der Waals surface area contributed by atoms with Crippen LogP contribution in [0.2, 0.25) is 0 Å². The predicted octanol–water partition coefficient (Wildman–Crippen LogP) is 2.01. The molecular weight excluding hydrogens is 304 g/mol. The average molecular weight is 329 g/mol. The summed E-state index contributed by atoms with van der Waals surface area (Å²) in [5, 5.41) is 2.94. The topological polar surface area (TPSA) is 73.6 Å². The van der Waals surface area contributed by atoms with E-state index in [0.717, 1.165) is 17.7 Å². The summed E-state index contributed by atoms with van der Waals surface area (Å²) in [4.78, 5) is 12.4. The fraction of sp³-hybridized carbons (Fsp3) is 0.562. The largest absolute Gasteiger partial charge is 0.486 e. The van der Waals surface area contributed by atoms with Crippen LogP contribution in [0.4, 0.5) is 0 Å². The zero-order valence-corrected chi connectivity index (χ0v) is 14.2. The second-order valence-electron chi connectivity index (χ2n) is 6.01. The number of carbonyl (C=O) groups excluding carboxylic acids is 1. The van der Waals surface area contributed by atoms with Crippen LogP contribution in [-0.4, -0.2) is 31.7 Å². The number of ether oxygens (including phenoxy) is 2. The van der Waals surface area contributed by atoms with Crippen LogP contribution in [0.3, 0.4) is 0 Å². The Labute approximate surface area is 138 Å². The number of hydrogen-bond donors (Lipinski definition) is 2. The number of amides is 1. The number of benzene rings is 1. The van der Waals surface area contributed by atoms with Crippen LogP contribution < -0.4 is 20.5 Å². The van der Waals surface area contributed by atoms with Crippen LogP contribution in [0, 0.1) is 0 Å². The van der Waals surface area contributed by atoms with Crippen LogP contribution in [-0.2, 0) is 10.2 Å². The fourth-order valence-corrected chi connectivity index (χ4v) is 2.20. The Balaban J connectivity index is 0.00000242. The molecule has 0 spiro atoms. The van der Waals surface area contributed by atoms with Crippen molar-refractivity contribution >= 4 is 18.3 Å². The number of halogens is 1. The lowest BCUT2D eigenvalue weighted by Crippen LogP contribution is -2.41. The lowest BCUT2D eigenvalue weighted by atomic mass is 9.83. The molecule has 3 N–H and O–H groups in total. The molecule has 1 aromatic carbocycles. The molecule has 1 unspecified atom stereocenters. The molecule has 124 valence electrons. The molecule has 1 aliphatic heterocycles. The maximum Gasteiger partial charge on any atom is 0.230 e. The first-order valence-electron chi connectivity index (χ1n) is 7.35. The lowest BCUT2D eigenvalue weighted by molar-refractivity contribution is -0.125. The second kappa shape index (κ2) is 7.70. The molecule has 5 nitrogen and oxygen atoms in total. The van der Waals surface area contributed by atoms with Crippen molar-refractivity contribution in [2.24, 2.45) is 5.73 Å². The van der Waals surface area contributed by atoms with Crippen molar-refractivity contribution in [1.82, 2.24) is 5.32 Å². The van der Waals surface area contributed by atoms with Gasteiger partial charge in [-0.2, -0.15) is 0 Å². The van der Waals surface area contributed by atoms with Gasteiger partial charge in [-0.15, -0.1) is 12.4 Å². The molecule has 1 aromatic rings. The summed E-state index contributed by atoms with van der Waals surface area (Å²) >= 11 is 0. The molecule has 0 bridgehead atoms. The van der Waals surface area contributed by atoms with E-state index < -0.39 is 5.41 Å². The van der Waals surface area contributed by atoms with Gasteiger partial charge in [0.15, 0.2) is 11.5 Å². The van der Waals surface area contributed by atoms with Crippen LogP contribution >= 0.6 is 12.4 Å². The molecule has 1 atom stereocenters. The van der Waals surface area contributed by atoms with Gasteiger partial charge in [-0.05, 0) is 44.9 Å². The van der Waals surface area contributed by atoms with Crippen molar-refractivity contribution in [1.29, 1.82) is 0 Å². The highest BCUT2D eigenvalue weighted by Gasteiger charge is 2.30. The molecule has 0 aromatic heterocycles. The van der Waals surface area contributed by atoms with Crippen molar-refractivity contribution in [3.63, 3.8) is 0 Å². The molecule has 0 aliphatic carbocycles. The highest BCUT2D eigenvalue weighted by molar-refractivity contribution is 5.87. The molecule has 22 heavy (non-hydrogen) atoms. The van der Waals surface area contributed by atoms with Gasteiger partial charge in [0.25, 0.3) is 0 Å². The molecule has 0 saturated carbocycles. The molecule has 1 heterocycles. The van der Waals surface area contributed by atoms with E-state index in [-0.39, 0.29) is 24.4 Å². The van der Waals surface area contributed by atoms with Gasteiger partial charge in [0, 0.05) is 12.6 Å². The smallest absolute Gasteiger partial charge is 0.230 e. The molecule has 2 rings (SSSR count). The third-order valence-corrected chi connectivity index (χ3v) is 3.72. The highest BCUT2D eigenvalue weighted by Crippen LogP contribution is 2.35. The molecule has 0 radical (unpaired) electrons. The van der Waals surface area contributed by atoms with Gasteiger partial charge in [0.1, 0.15) is 13.2 Å². The third kappa shape index (κ3) is 4.27. The standard InChI is InChI=1S/C16H24N2O3.ClH/c1-11(17)6-7-18-15(19)16(2,3)12-4-5-13-14(10-12)21-9-8-20-13;/h4-5,10-11H,6-9,17H2,1-3H3,(H,18,19);1H. The van der Waals surface area contributed by atoms with E-state index in [1.807, 2.05) is 39.0 Å². The van der Waals surface area contributed by atoms with E-state index in [1.165, 1.54) is 0 Å². The van der Waals surface area contributed by atoms with Gasteiger partial charge in [0.05, 0.1) is 5.41 Å². The highest BCUT2D eigenvalue weighted by atomic mass is 35.5. The second-order valence-corrected chi connectivity index (χ2v) is 6.01. The maximum atomic E-state index is 12.4. The first kappa shape index (κ1) is 18.6. The summed E-state index contributed by atoms with van der Waals surface area (Å²) in [5.41, 5.74) is 5.97. The van der Waals surface area contributed by atoms with Crippen molar-refractivity contribution < 1.29 is 14.3 Å². The molecule has 1 aliphatic rings. The summed E-state index contributed by atoms with van der Waals surface area (Å²) in [6, 6.07) is 5.75. The SMILES string of the molecule is CC(N)CCNC(=O)C(C)(C)c1ccc2c(c1)OCCO2.Cl.